The second kappa shape index (κ2) is 6.76. The van der Waals surface area contributed by atoms with Gasteiger partial charge in [0, 0.05) is 12.6 Å². The van der Waals surface area contributed by atoms with Gasteiger partial charge in [0.2, 0.25) is 0 Å². The summed E-state index contributed by atoms with van der Waals surface area (Å²) in [5, 5.41) is 12.8. The Bertz CT molecular complexity index is 367. The number of phenols is 1. The summed E-state index contributed by atoms with van der Waals surface area (Å²) in [7, 11) is 2.02. The lowest BCUT2D eigenvalue weighted by molar-refractivity contribution is 0.132. The predicted octanol–water partition coefficient (Wildman–Crippen LogP) is 2.36. The van der Waals surface area contributed by atoms with Gasteiger partial charge in [0.15, 0.2) is 0 Å². The molecule has 2 rings (SSSR count). The molecule has 1 saturated heterocycles. The summed E-state index contributed by atoms with van der Waals surface area (Å²) < 4.78 is 0. The number of hydrogen-bond donors (Lipinski definition) is 2. The molecule has 1 aliphatic rings. The van der Waals surface area contributed by atoms with Gasteiger partial charge in [-0.15, -0.1) is 0 Å². The summed E-state index contributed by atoms with van der Waals surface area (Å²) in [4.78, 5) is 2.57. The first kappa shape index (κ1) is 13.4. The van der Waals surface area contributed by atoms with Crippen molar-refractivity contribution < 1.29 is 5.11 Å². The fourth-order valence-corrected chi connectivity index (χ4v) is 2.80. The average molecular weight is 248 g/mol. The predicted molar refractivity (Wildman–Crippen MR) is 74.7 cm³/mol. The maximum Gasteiger partial charge on any atom is 0.115 e. The second-order valence-electron chi connectivity index (χ2n) is 5.18. The Morgan fingerprint density at radius 1 is 1.39 bits per heavy atom. The van der Waals surface area contributed by atoms with Crippen molar-refractivity contribution >= 4 is 0 Å². The smallest absolute Gasteiger partial charge is 0.115 e. The summed E-state index contributed by atoms with van der Waals surface area (Å²) >= 11 is 0. The van der Waals surface area contributed by atoms with E-state index in [4.69, 9.17) is 0 Å². The van der Waals surface area contributed by atoms with E-state index in [-0.39, 0.29) is 0 Å². The van der Waals surface area contributed by atoms with Crippen LogP contribution in [0.25, 0.3) is 0 Å². The number of rotatable bonds is 5. The summed E-state index contributed by atoms with van der Waals surface area (Å²) in [6, 6.07) is 8.33. The molecule has 1 aromatic rings. The van der Waals surface area contributed by atoms with E-state index in [0.717, 1.165) is 13.1 Å². The standard InChI is InChI=1S/C15H24N2O/c1-16-9-8-14-6-2-3-10-17(14)12-13-5-4-7-15(18)11-13/h4-5,7,11,14,16,18H,2-3,6,8-10,12H2,1H3. The van der Waals surface area contributed by atoms with E-state index in [1.165, 1.54) is 37.8 Å². The minimum Gasteiger partial charge on any atom is -0.508 e. The normalized spacial score (nSPS) is 21.1. The van der Waals surface area contributed by atoms with Gasteiger partial charge >= 0.3 is 0 Å². The van der Waals surface area contributed by atoms with E-state index in [0.29, 0.717) is 11.8 Å². The first-order valence-electron chi connectivity index (χ1n) is 6.96. The molecule has 0 amide bonds. The minimum atomic E-state index is 0.372. The van der Waals surface area contributed by atoms with Crippen LogP contribution >= 0.6 is 0 Å². The molecule has 0 aliphatic carbocycles. The van der Waals surface area contributed by atoms with Gasteiger partial charge in [-0.05, 0) is 57.1 Å². The maximum atomic E-state index is 9.52. The first-order chi connectivity index (χ1) is 8.79. The summed E-state index contributed by atoms with van der Waals surface area (Å²) in [5.41, 5.74) is 1.21. The first-order valence-corrected chi connectivity index (χ1v) is 6.96. The minimum absolute atomic E-state index is 0.372. The second-order valence-corrected chi connectivity index (χ2v) is 5.18. The van der Waals surface area contributed by atoms with E-state index in [9.17, 15) is 5.11 Å². The molecular weight excluding hydrogens is 224 g/mol. The molecule has 1 heterocycles. The average Bonchev–Trinajstić information content (AvgIpc) is 2.38. The van der Waals surface area contributed by atoms with Crippen LogP contribution in [0.1, 0.15) is 31.2 Å². The van der Waals surface area contributed by atoms with Gasteiger partial charge < -0.3 is 10.4 Å². The quantitative estimate of drug-likeness (QED) is 0.839. The van der Waals surface area contributed by atoms with Crippen LogP contribution in [-0.2, 0) is 6.54 Å². The highest BCUT2D eigenvalue weighted by Gasteiger charge is 2.21. The highest BCUT2D eigenvalue weighted by molar-refractivity contribution is 5.27. The van der Waals surface area contributed by atoms with Crippen LogP contribution in [0.5, 0.6) is 5.75 Å². The molecule has 1 aromatic carbocycles. The molecular formula is C15H24N2O. The van der Waals surface area contributed by atoms with Crippen molar-refractivity contribution in [3.63, 3.8) is 0 Å². The van der Waals surface area contributed by atoms with Gasteiger partial charge in [-0.25, -0.2) is 0 Å². The van der Waals surface area contributed by atoms with Crippen LogP contribution in [0, 0.1) is 0 Å². The molecule has 1 atom stereocenters. The third-order valence-electron chi connectivity index (χ3n) is 3.77. The number of nitrogens with zero attached hydrogens (tertiary/aromatic N) is 1. The maximum absolute atomic E-state index is 9.52. The van der Waals surface area contributed by atoms with Crippen molar-refractivity contribution in [2.45, 2.75) is 38.3 Å². The Balaban J connectivity index is 1.96. The number of piperidine rings is 1. The third kappa shape index (κ3) is 3.72. The number of phenolic OH excluding ortho intramolecular Hbond substituents is 1. The van der Waals surface area contributed by atoms with Crippen molar-refractivity contribution in [3.05, 3.63) is 29.8 Å². The fraction of sp³-hybridized carbons (Fsp3) is 0.600. The Morgan fingerprint density at radius 2 is 2.28 bits per heavy atom. The monoisotopic (exact) mass is 248 g/mol. The topological polar surface area (TPSA) is 35.5 Å². The number of likely N-dealkylation sites (tertiary alicyclic amines) is 1. The molecule has 0 aromatic heterocycles. The van der Waals surface area contributed by atoms with E-state index in [2.05, 4.69) is 16.3 Å². The summed E-state index contributed by atoms with van der Waals surface area (Å²) in [5.74, 6) is 0.372. The van der Waals surface area contributed by atoms with Crippen LogP contribution in [0.15, 0.2) is 24.3 Å². The fourth-order valence-electron chi connectivity index (χ4n) is 2.80. The van der Waals surface area contributed by atoms with Crippen LogP contribution in [-0.4, -0.2) is 36.2 Å². The zero-order valence-electron chi connectivity index (χ0n) is 11.2. The molecule has 3 heteroatoms. The molecule has 1 fully saturated rings. The van der Waals surface area contributed by atoms with E-state index >= 15 is 0 Å². The van der Waals surface area contributed by atoms with Gasteiger partial charge in [-0.3, -0.25) is 4.90 Å². The molecule has 100 valence electrons. The SMILES string of the molecule is CNCCC1CCCCN1Cc1cccc(O)c1. The van der Waals surface area contributed by atoms with Gasteiger partial charge in [0.25, 0.3) is 0 Å². The molecule has 0 saturated carbocycles. The molecule has 0 spiro atoms. The molecule has 2 N–H and O–H groups in total. The molecule has 0 bridgehead atoms. The van der Waals surface area contributed by atoms with Gasteiger partial charge in [-0.1, -0.05) is 18.6 Å². The van der Waals surface area contributed by atoms with Crippen molar-refractivity contribution in [3.8, 4) is 5.75 Å². The van der Waals surface area contributed by atoms with Crippen LogP contribution in [0.3, 0.4) is 0 Å². The van der Waals surface area contributed by atoms with Crippen molar-refractivity contribution in [2.75, 3.05) is 20.1 Å². The molecule has 1 aliphatic heterocycles. The number of aromatic hydroxyl groups is 1. The van der Waals surface area contributed by atoms with Crippen LogP contribution < -0.4 is 5.32 Å². The highest BCUT2D eigenvalue weighted by atomic mass is 16.3. The van der Waals surface area contributed by atoms with Crippen molar-refractivity contribution in [2.24, 2.45) is 0 Å². The number of benzene rings is 1. The Hall–Kier alpha value is -1.06. The number of hydrogen-bond acceptors (Lipinski definition) is 3. The number of nitrogens with one attached hydrogen (secondary N) is 1. The zero-order chi connectivity index (χ0) is 12.8. The lowest BCUT2D eigenvalue weighted by Crippen LogP contribution is -2.40. The zero-order valence-corrected chi connectivity index (χ0v) is 11.2. The Labute approximate surface area is 110 Å². The lowest BCUT2D eigenvalue weighted by atomic mass is 9.98. The van der Waals surface area contributed by atoms with Crippen molar-refractivity contribution in [1.82, 2.24) is 10.2 Å². The summed E-state index contributed by atoms with van der Waals surface area (Å²) in [6.07, 6.45) is 5.18. The summed E-state index contributed by atoms with van der Waals surface area (Å²) in [6.45, 7) is 3.23. The Morgan fingerprint density at radius 3 is 3.06 bits per heavy atom. The van der Waals surface area contributed by atoms with E-state index in [1.54, 1.807) is 6.07 Å². The van der Waals surface area contributed by atoms with Gasteiger partial charge in [0.05, 0.1) is 0 Å². The Kier molecular flexibility index (Phi) is 5.02. The van der Waals surface area contributed by atoms with E-state index < -0.39 is 0 Å². The van der Waals surface area contributed by atoms with Crippen LogP contribution in [0.4, 0.5) is 0 Å². The van der Waals surface area contributed by atoms with Gasteiger partial charge in [0.1, 0.15) is 5.75 Å². The molecule has 18 heavy (non-hydrogen) atoms. The van der Waals surface area contributed by atoms with Crippen LogP contribution in [0.2, 0.25) is 0 Å². The molecule has 1 unspecified atom stereocenters. The van der Waals surface area contributed by atoms with E-state index in [1.807, 2.05) is 19.2 Å². The highest BCUT2D eigenvalue weighted by Crippen LogP contribution is 2.22. The van der Waals surface area contributed by atoms with Crippen molar-refractivity contribution in [1.29, 1.82) is 0 Å². The third-order valence-corrected chi connectivity index (χ3v) is 3.77. The molecule has 0 radical (unpaired) electrons. The molecule has 3 nitrogen and oxygen atoms in total. The largest absolute Gasteiger partial charge is 0.508 e. The van der Waals surface area contributed by atoms with Gasteiger partial charge in [-0.2, -0.15) is 0 Å². The lowest BCUT2D eigenvalue weighted by Gasteiger charge is -2.36.